The van der Waals surface area contributed by atoms with Crippen LogP contribution in [0.5, 0.6) is 5.75 Å². The molecule has 3 rings (SSSR count). The van der Waals surface area contributed by atoms with Crippen LogP contribution in [0.3, 0.4) is 0 Å². The molecule has 126 valence electrons. The molecule has 5 heteroatoms. The molecule has 1 aromatic carbocycles. The van der Waals surface area contributed by atoms with E-state index in [0.29, 0.717) is 12.5 Å². The molecule has 0 fully saturated rings. The third-order valence-corrected chi connectivity index (χ3v) is 3.81. The van der Waals surface area contributed by atoms with E-state index < -0.39 is 0 Å². The Bertz CT molecular complexity index is 730. The second kappa shape index (κ2) is 7.81. The Morgan fingerprint density at radius 3 is 2.71 bits per heavy atom. The Kier molecular flexibility index (Phi) is 5.31. The van der Waals surface area contributed by atoms with Gasteiger partial charge in [-0.15, -0.1) is 0 Å². The summed E-state index contributed by atoms with van der Waals surface area (Å²) >= 11 is 0. The average molecular weight is 325 g/mol. The van der Waals surface area contributed by atoms with Crippen molar-refractivity contribution in [1.82, 2.24) is 14.5 Å². The van der Waals surface area contributed by atoms with Crippen LogP contribution in [0.15, 0.2) is 53.7 Å². The van der Waals surface area contributed by atoms with Crippen LogP contribution in [-0.4, -0.2) is 14.5 Å². The van der Waals surface area contributed by atoms with E-state index in [-0.39, 0.29) is 0 Å². The van der Waals surface area contributed by atoms with Crippen LogP contribution in [0.2, 0.25) is 0 Å². The maximum Gasteiger partial charge on any atom is 0.196 e. The molecule has 2 aromatic heterocycles. The molecule has 0 amide bonds. The van der Waals surface area contributed by atoms with Crippen molar-refractivity contribution in [2.45, 2.75) is 45.8 Å². The van der Waals surface area contributed by atoms with Gasteiger partial charge in [0.1, 0.15) is 24.3 Å². The first kappa shape index (κ1) is 16.3. The summed E-state index contributed by atoms with van der Waals surface area (Å²) in [6, 6.07) is 8.25. The van der Waals surface area contributed by atoms with Gasteiger partial charge in [0.05, 0.1) is 6.33 Å². The van der Waals surface area contributed by atoms with Crippen molar-refractivity contribution in [2.75, 3.05) is 0 Å². The molecule has 0 bridgehead atoms. The maximum atomic E-state index is 5.77. The Morgan fingerprint density at radius 1 is 1.21 bits per heavy atom. The zero-order valence-electron chi connectivity index (χ0n) is 14.2. The standard InChI is InChI=1S/C19H23N3O2/c1-15(2)19-21-17(13-24-19)12-23-18-7-5-16(6-8-18)4-3-10-22-11-9-20-14-22/h5-9,11,13-15H,3-4,10,12H2,1-2H3. The third kappa shape index (κ3) is 4.47. The van der Waals surface area contributed by atoms with Crippen molar-refractivity contribution in [1.29, 1.82) is 0 Å². The zero-order valence-corrected chi connectivity index (χ0v) is 14.2. The number of rotatable bonds is 8. The van der Waals surface area contributed by atoms with Crippen molar-refractivity contribution >= 4 is 0 Å². The fraction of sp³-hybridized carbons (Fsp3) is 0.368. The normalized spacial score (nSPS) is 11.1. The second-order valence-corrected chi connectivity index (χ2v) is 6.17. The van der Waals surface area contributed by atoms with E-state index in [4.69, 9.17) is 9.15 Å². The van der Waals surface area contributed by atoms with Gasteiger partial charge in [-0.1, -0.05) is 26.0 Å². The van der Waals surface area contributed by atoms with E-state index in [1.165, 1.54) is 5.56 Å². The minimum Gasteiger partial charge on any atom is -0.487 e. The Hall–Kier alpha value is -2.56. The molecule has 0 radical (unpaired) electrons. The van der Waals surface area contributed by atoms with Gasteiger partial charge in [-0.25, -0.2) is 9.97 Å². The molecular weight excluding hydrogens is 302 g/mol. The quantitative estimate of drug-likeness (QED) is 0.622. The highest BCUT2D eigenvalue weighted by Crippen LogP contribution is 2.17. The molecule has 0 N–H and O–H groups in total. The molecule has 2 heterocycles. The Labute approximate surface area is 142 Å². The molecule has 0 aliphatic heterocycles. The van der Waals surface area contributed by atoms with E-state index in [1.54, 1.807) is 6.26 Å². The number of oxazole rings is 1. The smallest absolute Gasteiger partial charge is 0.196 e. The summed E-state index contributed by atoms with van der Waals surface area (Å²) in [5, 5.41) is 0. The van der Waals surface area contributed by atoms with E-state index in [2.05, 4.69) is 40.5 Å². The summed E-state index contributed by atoms with van der Waals surface area (Å²) in [4.78, 5) is 8.46. The third-order valence-electron chi connectivity index (χ3n) is 3.81. The summed E-state index contributed by atoms with van der Waals surface area (Å²) in [5.41, 5.74) is 2.13. The van der Waals surface area contributed by atoms with Crippen LogP contribution in [0.25, 0.3) is 0 Å². The topological polar surface area (TPSA) is 53.1 Å². The SMILES string of the molecule is CC(C)c1nc(COc2ccc(CCCn3ccnc3)cc2)co1. The maximum absolute atomic E-state index is 5.77. The number of imidazole rings is 1. The first-order valence-corrected chi connectivity index (χ1v) is 8.32. The predicted octanol–water partition coefficient (Wildman–Crippen LogP) is 4.21. The van der Waals surface area contributed by atoms with E-state index in [0.717, 1.165) is 36.7 Å². The summed E-state index contributed by atoms with van der Waals surface area (Å²) in [7, 11) is 0. The van der Waals surface area contributed by atoms with Crippen LogP contribution in [0.1, 0.15) is 43.3 Å². The van der Waals surface area contributed by atoms with Crippen LogP contribution in [0, 0.1) is 0 Å². The highest BCUT2D eigenvalue weighted by Gasteiger charge is 2.08. The first-order valence-electron chi connectivity index (χ1n) is 8.32. The van der Waals surface area contributed by atoms with Gasteiger partial charge in [0.25, 0.3) is 0 Å². The highest BCUT2D eigenvalue weighted by atomic mass is 16.5. The van der Waals surface area contributed by atoms with Crippen LogP contribution >= 0.6 is 0 Å². The van der Waals surface area contributed by atoms with Crippen LogP contribution in [0.4, 0.5) is 0 Å². The van der Waals surface area contributed by atoms with Gasteiger partial charge in [0.2, 0.25) is 0 Å². The molecule has 0 atom stereocenters. The van der Waals surface area contributed by atoms with Crippen molar-refractivity contribution in [3.8, 4) is 5.75 Å². The molecule has 0 spiro atoms. The molecule has 5 nitrogen and oxygen atoms in total. The highest BCUT2D eigenvalue weighted by molar-refractivity contribution is 5.27. The lowest BCUT2D eigenvalue weighted by molar-refractivity contribution is 0.301. The number of ether oxygens (including phenoxy) is 1. The molecule has 24 heavy (non-hydrogen) atoms. The fourth-order valence-corrected chi connectivity index (χ4v) is 2.45. The summed E-state index contributed by atoms with van der Waals surface area (Å²) in [6.07, 6.45) is 9.45. The number of benzene rings is 1. The monoisotopic (exact) mass is 325 g/mol. The number of aromatic nitrogens is 3. The van der Waals surface area contributed by atoms with Crippen molar-refractivity contribution in [3.05, 3.63) is 66.4 Å². The first-order chi connectivity index (χ1) is 11.7. The van der Waals surface area contributed by atoms with Gasteiger partial charge in [-0.2, -0.15) is 0 Å². The minimum absolute atomic E-state index is 0.292. The average Bonchev–Trinajstić information content (AvgIpc) is 3.26. The van der Waals surface area contributed by atoms with Gasteiger partial charge < -0.3 is 13.7 Å². The van der Waals surface area contributed by atoms with Gasteiger partial charge in [-0.05, 0) is 30.5 Å². The van der Waals surface area contributed by atoms with Gasteiger partial charge in [0.15, 0.2) is 5.89 Å². The minimum atomic E-state index is 0.292. The molecule has 0 saturated carbocycles. The van der Waals surface area contributed by atoms with Gasteiger partial charge in [-0.3, -0.25) is 0 Å². The molecule has 3 aromatic rings. The predicted molar refractivity (Wildman–Crippen MR) is 91.9 cm³/mol. The number of hydrogen-bond donors (Lipinski definition) is 0. The summed E-state index contributed by atoms with van der Waals surface area (Å²) in [6.45, 7) is 5.53. The van der Waals surface area contributed by atoms with Crippen molar-refractivity contribution in [2.24, 2.45) is 0 Å². The van der Waals surface area contributed by atoms with Gasteiger partial charge >= 0.3 is 0 Å². The lowest BCUT2D eigenvalue weighted by atomic mass is 10.1. The second-order valence-electron chi connectivity index (χ2n) is 6.17. The van der Waals surface area contributed by atoms with E-state index in [9.17, 15) is 0 Å². The Morgan fingerprint density at radius 2 is 2.04 bits per heavy atom. The summed E-state index contributed by atoms with van der Waals surface area (Å²) < 4.78 is 13.3. The Balaban J connectivity index is 1.45. The fourth-order valence-electron chi connectivity index (χ4n) is 2.45. The largest absolute Gasteiger partial charge is 0.487 e. The van der Waals surface area contributed by atoms with Crippen molar-refractivity contribution < 1.29 is 9.15 Å². The van der Waals surface area contributed by atoms with E-state index >= 15 is 0 Å². The molecular formula is C19H23N3O2. The van der Waals surface area contributed by atoms with Crippen LogP contribution < -0.4 is 4.74 Å². The van der Waals surface area contributed by atoms with Crippen LogP contribution in [-0.2, 0) is 19.6 Å². The lowest BCUT2D eigenvalue weighted by Crippen LogP contribution is -1.98. The number of aryl methyl sites for hydroxylation is 2. The number of nitrogens with zero attached hydrogens (tertiary/aromatic N) is 3. The lowest BCUT2D eigenvalue weighted by Gasteiger charge is -2.06. The van der Waals surface area contributed by atoms with E-state index in [1.807, 2.05) is 30.9 Å². The molecule has 0 aliphatic carbocycles. The zero-order chi connectivity index (χ0) is 16.8. The molecule has 0 aliphatic rings. The van der Waals surface area contributed by atoms with Gasteiger partial charge in [0, 0.05) is 24.9 Å². The molecule has 0 unspecified atom stereocenters. The molecule has 0 saturated heterocycles. The number of hydrogen-bond acceptors (Lipinski definition) is 4. The summed E-state index contributed by atoms with van der Waals surface area (Å²) in [5.74, 6) is 1.89. The van der Waals surface area contributed by atoms with Crippen molar-refractivity contribution in [3.63, 3.8) is 0 Å².